The molecule has 0 aliphatic heterocycles. The van der Waals surface area contributed by atoms with E-state index in [2.05, 4.69) is 46.4 Å². The SMILES string of the molecule is CCC(CC)C(=O)Nc1ccc(N(Cc2ccccc2)C(C)C)nn1. The van der Waals surface area contributed by atoms with E-state index < -0.39 is 0 Å². The number of hydrogen-bond acceptors (Lipinski definition) is 4. The zero-order valence-corrected chi connectivity index (χ0v) is 15.6. The van der Waals surface area contributed by atoms with Gasteiger partial charge in [-0.25, -0.2) is 0 Å². The van der Waals surface area contributed by atoms with E-state index in [9.17, 15) is 4.79 Å². The van der Waals surface area contributed by atoms with Gasteiger partial charge < -0.3 is 10.2 Å². The largest absolute Gasteiger partial charge is 0.348 e. The molecule has 0 saturated heterocycles. The van der Waals surface area contributed by atoms with Crippen molar-refractivity contribution in [1.82, 2.24) is 10.2 Å². The Morgan fingerprint density at radius 3 is 2.24 bits per heavy atom. The molecule has 0 spiro atoms. The second-order valence-electron chi connectivity index (χ2n) is 6.49. The Kier molecular flexibility index (Phi) is 6.92. The first-order valence-electron chi connectivity index (χ1n) is 9.00. The fourth-order valence-corrected chi connectivity index (χ4v) is 2.74. The van der Waals surface area contributed by atoms with Crippen LogP contribution in [-0.2, 0) is 11.3 Å². The van der Waals surface area contributed by atoms with Crippen LogP contribution < -0.4 is 10.2 Å². The van der Waals surface area contributed by atoms with Gasteiger partial charge in [-0.15, -0.1) is 10.2 Å². The number of nitrogens with one attached hydrogen (secondary N) is 1. The van der Waals surface area contributed by atoms with Crippen LogP contribution in [0.15, 0.2) is 42.5 Å². The molecule has 0 saturated carbocycles. The molecule has 0 atom stereocenters. The van der Waals surface area contributed by atoms with Crippen molar-refractivity contribution in [3.8, 4) is 0 Å². The average Bonchev–Trinajstić information content (AvgIpc) is 2.62. The van der Waals surface area contributed by atoms with Crippen molar-refractivity contribution in [1.29, 1.82) is 0 Å². The minimum Gasteiger partial charge on any atom is -0.348 e. The predicted molar refractivity (Wildman–Crippen MR) is 102 cm³/mol. The molecular formula is C20H28N4O. The zero-order chi connectivity index (χ0) is 18.2. The summed E-state index contributed by atoms with van der Waals surface area (Å²) in [5.74, 6) is 1.34. The maximum Gasteiger partial charge on any atom is 0.228 e. The maximum absolute atomic E-state index is 12.2. The van der Waals surface area contributed by atoms with E-state index >= 15 is 0 Å². The van der Waals surface area contributed by atoms with Crippen LogP contribution in [0.5, 0.6) is 0 Å². The van der Waals surface area contributed by atoms with Crippen LogP contribution in [0.3, 0.4) is 0 Å². The van der Waals surface area contributed by atoms with Crippen LogP contribution >= 0.6 is 0 Å². The molecular weight excluding hydrogens is 312 g/mol. The molecule has 2 aromatic rings. The van der Waals surface area contributed by atoms with E-state index in [0.29, 0.717) is 11.9 Å². The third-order valence-electron chi connectivity index (χ3n) is 4.37. The van der Waals surface area contributed by atoms with E-state index in [-0.39, 0.29) is 11.8 Å². The van der Waals surface area contributed by atoms with Gasteiger partial charge in [-0.3, -0.25) is 4.79 Å². The first kappa shape index (κ1) is 18.9. The second-order valence-corrected chi connectivity index (χ2v) is 6.49. The van der Waals surface area contributed by atoms with Crippen LogP contribution in [0.25, 0.3) is 0 Å². The summed E-state index contributed by atoms with van der Waals surface area (Å²) >= 11 is 0. The number of hydrogen-bond donors (Lipinski definition) is 1. The summed E-state index contributed by atoms with van der Waals surface area (Å²) in [6.45, 7) is 9.08. The molecule has 134 valence electrons. The molecule has 5 nitrogen and oxygen atoms in total. The third-order valence-corrected chi connectivity index (χ3v) is 4.37. The van der Waals surface area contributed by atoms with Gasteiger partial charge in [0, 0.05) is 18.5 Å². The van der Waals surface area contributed by atoms with Crippen molar-refractivity contribution in [2.45, 2.75) is 53.1 Å². The Morgan fingerprint density at radius 2 is 1.72 bits per heavy atom. The molecule has 1 amide bonds. The highest BCUT2D eigenvalue weighted by Gasteiger charge is 2.16. The monoisotopic (exact) mass is 340 g/mol. The minimum atomic E-state index is 0.0112. The van der Waals surface area contributed by atoms with Gasteiger partial charge in [-0.1, -0.05) is 44.2 Å². The summed E-state index contributed by atoms with van der Waals surface area (Å²) in [6.07, 6.45) is 1.65. The van der Waals surface area contributed by atoms with Crippen LogP contribution in [0, 0.1) is 5.92 Å². The lowest BCUT2D eigenvalue weighted by atomic mass is 10.0. The topological polar surface area (TPSA) is 58.1 Å². The first-order valence-corrected chi connectivity index (χ1v) is 9.00. The van der Waals surface area contributed by atoms with Crippen LogP contribution in [0.4, 0.5) is 11.6 Å². The Morgan fingerprint density at radius 1 is 1.04 bits per heavy atom. The van der Waals surface area contributed by atoms with Gasteiger partial charge >= 0.3 is 0 Å². The van der Waals surface area contributed by atoms with Gasteiger partial charge in [0.2, 0.25) is 5.91 Å². The van der Waals surface area contributed by atoms with Crippen molar-refractivity contribution >= 4 is 17.5 Å². The second kappa shape index (κ2) is 9.16. The Bertz CT molecular complexity index is 651. The minimum absolute atomic E-state index is 0.0112. The molecule has 2 rings (SSSR count). The highest BCUT2D eigenvalue weighted by Crippen LogP contribution is 2.19. The van der Waals surface area contributed by atoms with Gasteiger partial charge in [0.05, 0.1) is 0 Å². The van der Waals surface area contributed by atoms with Crippen molar-refractivity contribution < 1.29 is 4.79 Å². The molecule has 1 heterocycles. The number of anilines is 2. The van der Waals surface area contributed by atoms with Crippen LogP contribution in [0.1, 0.15) is 46.1 Å². The summed E-state index contributed by atoms with van der Waals surface area (Å²) in [6, 6.07) is 14.3. The molecule has 1 aromatic carbocycles. The Hall–Kier alpha value is -2.43. The molecule has 0 unspecified atom stereocenters. The molecule has 25 heavy (non-hydrogen) atoms. The van der Waals surface area contributed by atoms with Crippen molar-refractivity contribution in [2.24, 2.45) is 5.92 Å². The van der Waals surface area contributed by atoms with Gasteiger partial charge in [0.15, 0.2) is 11.6 Å². The lowest BCUT2D eigenvalue weighted by Gasteiger charge is -2.27. The molecule has 0 bridgehead atoms. The van der Waals surface area contributed by atoms with E-state index in [1.807, 2.05) is 44.2 Å². The smallest absolute Gasteiger partial charge is 0.228 e. The molecule has 1 aromatic heterocycles. The average molecular weight is 340 g/mol. The molecule has 5 heteroatoms. The standard InChI is InChI=1S/C20H28N4O/c1-5-17(6-2)20(25)21-18-12-13-19(23-22-18)24(15(3)4)14-16-10-8-7-9-11-16/h7-13,15,17H,5-6,14H2,1-4H3,(H,21,22,25). The summed E-state index contributed by atoms with van der Waals surface area (Å²) < 4.78 is 0. The van der Waals surface area contributed by atoms with Crippen molar-refractivity contribution in [3.05, 3.63) is 48.0 Å². The van der Waals surface area contributed by atoms with Gasteiger partial charge in [-0.2, -0.15) is 0 Å². The molecule has 1 N–H and O–H groups in total. The molecule has 0 radical (unpaired) electrons. The number of carbonyl (C=O) groups is 1. The summed E-state index contributed by atoms with van der Waals surface area (Å²) in [4.78, 5) is 14.3. The summed E-state index contributed by atoms with van der Waals surface area (Å²) in [5.41, 5.74) is 1.23. The van der Waals surface area contributed by atoms with E-state index in [4.69, 9.17) is 0 Å². The van der Waals surface area contributed by atoms with Gasteiger partial charge in [-0.05, 0) is 44.4 Å². The van der Waals surface area contributed by atoms with Crippen molar-refractivity contribution in [3.63, 3.8) is 0 Å². The number of nitrogens with zero attached hydrogens (tertiary/aromatic N) is 3. The number of benzene rings is 1. The van der Waals surface area contributed by atoms with E-state index in [0.717, 1.165) is 25.2 Å². The highest BCUT2D eigenvalue weighted by atomic mass is 16.1. The Balaban J connectivity index is 2.09. The third kappa shape index (κ3) is 5.28. The quantitative estimate of drug-likeness (QED) is 0.780. The Labute approximate surface area is 150 Å². The van der Waals surface area contributed by atoms with Crippen LogP contribution in [-0.4, -0.2) is 22.1 Å². The number of carbonyl (C=O) groups excluding carboxylic acids is 1. The zero-order valence-electron chi connectivity index (χ0n) is 15.6. The molecule has 0 aliphatic rings. The van der Waals surface area contributed by atoms with Crippen LogP contribution in [0.2, 0.25) is 0 Å². The number of aromatic nitrogens is 2. The number of rotatable bonds is 8. The first-order chi connectivity index (χ1) is 12.0. The lowest BCUT2D eigenvalue weighted by molar-refractivity contribution is -0.120. The summed E-state index contributed by atoms with van der Waals surface area (Å²) in [5, 5.41) is 11.4. The fourth-order valence-electron chi connectivity index (χ4n) is 2.74. The highest BCUT2D eigenvalue weighted by molar-refractivity contribution is 5.91. The van der Waals surface area contributed by atoms with E-state index in [1.165, 1.54) is 5.56 Å². The molecule has 0 fully saturated rings. The van der Waals surface area contributed by atoms with Crippen molar-refractivity contribution in [2.75, 3.05) is 10.2 Å². The summed E-state index contributed by atoms with van der Waals surface area (Å²) in [7, 11) is 0. The number of amides is 1. The molecule has 0 aliphatic carbocycles. The van der Waals surface area contributed by atoms with Gasteiger partial charge in [0.25, 0.3) is 0 Å². The lowest BCUT2D eigenvalue weighted by Crippen LogP contribution is -2.31. The van der Waals surface area contributed by atoms with E-state index in [1.54, 1.807) is 0 Å². The normalized spacial score (nSPS) is 11.0. The fraction of sp³-hybridized carbons (Fsp3) is 0.450. The maximum atomic E-state index is 12.2. The predicted octanol–water partition coefficient (Wildman–Crippen LogP) is 4.27. The van der Waals surface area contributed by atoms with Gasteiger partial charge in [0.1, 0.15) is 0 Å².